The summed E-state index contributed by atoms with van der Waals surface area (Å²) in [6.45, 7) is 0.127. The van der Waals surface area contributed by atoms with Gasteiger partial charge in [-0.3, -0.25) is 4.79 Å². The summed E-state index contributed by atoms with van der Waals surface area (Å²) in [6, 6.07) is 3.05. The first kappa shape index (κ1) is 10.5. The van der Waals surface area contributed by atoms with Gasteiger partial charge in [-0.05, 0) is 12.1 Å². The van der Waals surface area contributed by atoms with Gasteiger partial charge in [0.15, 0.2) is 11.0 Å². The van der Waals surface area contributed by atoms with Crippen LogP contribution in [0.1, 0.15) is 5.56 Å². The first-order chi connectivity index (χ1) is 7.13. The molecule has 2 N–H and O–H groups in total. The van der Waals surface area contributed by atoms with E-state index in [-0.39, 0.29) is 12.0 Å². The van der Waals surface area contributed by atoms with E-state index in [0.29, 0.717) is 26.6 Å². The van der Waals surface area contributed by atoms with E-state index in [9.17, 15) is 4.79 Å². The second-order valence-electron chi connectivity index (χ2n) is 3.06. The van der Waals surface area contributed by atoms with Crippen LogP contribution in [0.2, 0.25) is 10.0 Å². The standard InChI is InChI=1S/C10H7Cl2NO2/c11-6-1-7-9(14)5(3-13)4-15-10(7)8(12)2-6/h1-2,4H,3,13H2. The van der Waals surface area contributed by atoms with E-state index >= 15 is 0 Å². The van der Waals surface area contributed by atoms with Gasteiger partial charge >= 0.3 is 0 Å². The van der Waals surface area contributed by atoms with Crippen LogP contribution < -0.4 is 11.2 Å². The third kappa shape index (κ3) is 1.74. The molecule has 0 bridgehead atoms. The van der Waals surface area contributed by atoms with Crippen molar-refractivity contribution in [3.8, 4) is 0 Å². The molecule has 5 heteroatoms. The summed E-state index contributed by atoms with van der Waals surface area (Å²) in [7, 11) is 0. The minimum Gasteiger partial charge on any atom is -0.462 e. The number of halogens is 2. The molecule has 78 valence electrons. The van der Waals surface area contributed by atoms with E-state index in [2.05, 4.69) is 0 Å². The first-order valence-corrected chi connectivity index (χ1v) is 4.98. The normalized spacial score (nSPS) is 10.9. The first-order valence-electron chi connectivity index (χ1n) is 4.23. The molecule has 0 amide bonds. The van der Waals surface area contributed by atoms with Gasteiger partial charge in [0, 0.05) is 17.1 Å². The van der Waals surface area contributed by atoms with Crippen molar-refractivity contribution >= 4 is 34.2 Å². The van der Waals surface area contributed by atoms with Crippen molar-refractivity contribution in [3.05, 3.63) is 44.2 Å². The van der Waals surface area contributed by atoms with E-state index in [4.69, 9.17) is 33.4 Å². The molecule has 0 aliphatic carbocycles. The van der Waals surface area contributed by atoms with E-state index in [0.717, 1.165) is 0 Å². The Morgan fingerprint density at radius 2 is 2.07 bits per heavy atom. The molecule has 0 aliphatic heterocycles. The number of hydrogen-bond donors (Lipinski definition) is 1. The van der Waals surface area contributed by atoms with Crippen molar-refractivity contribution in [2.24, 2.45) is 5.73 Å². The average molecular weight is 244 g/mol. The molecular weight excluding hydrogens is 237 g/mol. The Labute approximate surface area is 95.4 Å². The summed E-state index contributed by atoms with van der Waals surface area (Å²) in [5.74, 6) is 0. The fourth-order valence-corrected chi connectivity index (χ4v) is 1.88. The summed E-state index contributed by atoms with van der Waals surface area (Å²) in [4.78, 5) is 11.8. The third-order valence-corrected chi connectivity index (χ3v) is 2.58. The van der Waals surface area contributed by atoms with E-state index in [1.807, 2.05) is 0 Å². The maximum Gasteiger partial charge on any atom is 0.197 e. The van der Waals surface area contributed by atoms with Crippen molar-refractivity contribution in [3.63, 3.8) is 0 Å². The summed E-state index contributed by atoms with van der Waals surface area (Å²) in [6.07, 6.45) is 1.32. The molecule has 3 nitrogen and oxygen atoms in total. The molecule has 0 aliphatic rings. The van der Waals surface area contributed by atoms with E-state index in [1.165, 1.54) is 18.4 Å². The van der Waals surface area contributed by atoms with Gasteiger partial charge in [-0.25, -0.2) is 0 Å². The molecule has 1 aromatic carbocycles. The Hall–Kier alpha value is -1.03. The van der Waals surface area contributed by atoms with E-state index in [1.54, 1.807) is 0 Å². The summed E-state index contributed by atoms with van der Waals surface area (Å²) in [5.41, 5.74) is 5.94. The van der Waals surface area contributed by atoms with Gasteiger partial charge in [0.25, 0.3) is 0 Å². The monoisotopic (exact) mass is 243 g/mol. The Morgan fingerprint density at radius 3 is 2.73 bits per heavy atom. The Bertz CT molecular complexity index is 577. The molecule has 0 radical (unpaired) electrons. The molecule has 0 unspecified atom stereocenters. The molecule has 1 aromatic heterocycles. The highest BCUT2D eigenvalue weighted by atomic mass is 35.5. The zero-order chi connectivity index (χ0) is 11.0. The van der Waals surface area contributed by atoms with Gasteiger partial charge in [0.1, 0.15) is 0 Å². The predicted molar refractivity (Wildman–Crippen MR) is 60.4 cm³/mol. The molecule has 15 heavy (non-hydrogen) atoms. The van der Waals surface area contributed by atoms with Gasteiger partial charge in [-0.15, -0.1) is 0 Å². The number of fused-ring (bicyclic) bond motifs is 1. The van der Waals surface area contributed by atoms with Crippen LogP contribution in [0, 0.1) is 0 Å². The fourth-order valence-electron chi connectivity index (χ4n) is 1.35. The van der Waals surface area contributed by atoms with Crippen LogP contribution in [0.4, 0.5) is 0 Å². The molecule has 2 rings (SSSR count). The number of hydrogen-bond acceptors (Lipinski definition) is 3. The molecule has 1 heterocycles. The third-order valence-electron chi connectivity index (χ3n) is 2.08. The molecule has 0 spiro atoms. The van der Waals surface area contributed by atoms with Crippen molar-refractivity contribution < 1.29 is 4.42 Å². The van der Waals surface area contributed by atoms with Crippen LogP contribution in [0.25, 0.3) is 11.0 Å². The van der Waals surface area contributed by atoms with Crippen LogP contribution in [0.5, 0.6) is 0 Å². The highest BCUT2D eigenvalue weighted by Crippen LogP contribution is 2.26. The second kappa shape index (κ2) is 3.85. The molecule has 0 fully saturated rings. The Kier molecular flexibility index (Phi) is 2.69. The number of nitrogens with two attached hydrogens (primary N) is 1. The lowest BCUT2D eigenvalue weighted by Crippen LogP contribution is -2.12. The second-order valence-corrected chi connectivity index (χ2v) is 3.90. The maximum atomic E-state index is 11.8. The van der Waals surface area contributed by atoms with Gasteiger partial charge in [-0.1, -0.05) is 23.2 Å². The highest BCUT2D eigenvalue weighted by Gasteiger charge is 2.09. The quantitative estimate of drug-likeness (QED) is 0.838. The largest absolute Gasteiger partial charge is 0.462 e. The smallest absolute Gasteiger partial charge is 0.197 e. The van der Waals surface area contributed by atoms with Crippen molar-refractivity contribution in [2.45, 2.75) is 6.54 Å². The molecular formula is C10H7Cl2NO2. The van der Waals surface area contributed by atoms with Gasteiger partial charge < -0.3 is 10.2 Å². The van der Waals surface area contributed by atoms with Crippen molar-refractivity contribution in [2.75, 3.05) is 0 Å². The number of rotatable bonds is 1. The Balaban J connectivity index is 2.93. The van der Waals surface area contributed by atoms with Crippen LogP contribution in [0.15, 0.2) is 27.6 Å². The minimum absolute atomic E-state index is 0.127. The topological polar surface area (TPSA) is 56.2 Å². The van der Waals surface area contributed by atoms with Gasteiger partial charge in [-0.2, -0.15) is 0 Å². The van der Waals surface area contributed by atoms with Crippen molar-refractivity contribution in [1.29, 1.82) is 0 Å². The van der Waals surface area contributed by atoms with Crippen LogP contribution in [0.3, 0.4) is 0 Å². The highest BCUT2D eigenvalue weighted by molar-refractivity contribution is 6.38. The van der Waals surface area contributed by atoms with Crippen LogP contribution in [-0.2, 0) is 6.54 Å². The van der Waals surface area contributed by atoms with Crippen LogP contribution in [-0.4, -0.2) is 0 Å². The SMILES string of the molecule is NCc1coc2c(Cl)cc(Cl)cc2c1=O. The lowest BCUT2D eigenvalue weighted by Gasteiger charge is -2.02. The summed E-state index contributed by atoms with van der Waals surface area (Å²) >= 11 is 11.7. The molecule has 2 aromatic rings. The summed E-state index contributed by atoms with van der Waals surface area (Å²) in [5, 5.41) is 1.07. The maximum absolute atomic E-state index is 11.8. The molecule has 0 atom stereocenters. The average Bonchev–Trinajstić information content (AvgIpc) is 2.19. The fraction of sp³-hybridized carbons (Fsp3) is 0.100. The number of benzene rings is 1. The minimum atomic E-state index is -0.192. The summed E-state index contributed by atoms with van der Waals surface area (Å²) < 4.78 is 5.23. The van der Waals surface area contributed by atoms with Gasteiger partial charge in [0.05, 0.1) is 16.7 Å². The zero-order valence-electron chi connectivity index (χ0n) is 7.59. The molecule has 0 saturated carbocycles. The van der Waals surface area contributed by atoms with Crippen molar-refractivity contribution in [1.82, 2.24) is 0 Å². The molecule has 0 saturated heterocycles. The predicted octanol–water partition coefficient (Wildman–Crippen LogP) is 2.56. The lowest BCUT2D eigenvalue weighted by atomic mass is 10.2. The lowest BCUT2D eigenvalue weighted by molar-refractivity contribution is 0.593. The van der Waals surface area contributed by atoms with Crippen LogP contribution >= 0.6 is 23.2 Å². The van der Waals surface area contributed by atoms with Gasteiger partial charge in [0.2, 0.25) is 0 Å². The Morgan fingerprint density at radius 1 is 1.33 bits per heavy atom. The van der Waals surface area contributed by atoms with E-state index < -0.39 is 0 Å². The zero-order valence-corrected chi connectivity index (χ0v) is 9.10.